The number of nitrogens with zero attached hydrogens (tertiary/aromatic N) is 1. The van der Waals surface area contributed by atoms with Gasteiger partial charge in [0.2, 0.25) is 0 Å². The van der Waals surface area contributed by atoms with Crippen LogP contribution in [0.25, 0.3) is 23.3 Å². The van der Waals surface area contributed by atoms with Crippen LogP contribution in [-0.2, 0) is 9.59 Å². The minimum Gasteiger partial charge on any atom is -0.545 e. The summed E-state index contributed by atoms with van der Waals surface area (Å²) in [4.78, 5) is 23.5. The van der Waals surface area contributed by atoms with Crippen molar-refractivity contribution < 1.29 is 19.8 Å². The summed E-state index contributed by atoms with van der Waals surface area (Å²) in [7, 11) is 0. The van der Waals surface area contributed by atoms with Crippen molar-refractivity contribution in [1.82, 2.24) is 0 Å². The van der Waals surface area contributed by atoms with Crippen LogP contribution in [0.4, 0.5) is 17.1 Å². The van der Waals surface area contributed by atoms with Crippen molar-refractivity contribution in [2.75, 3.05) is 4.90 Å². The number of anilines is 3. The molecular formula is C30H21NO4-2. The van der Waals surface area contributed by atoms with Gasteiger partial charge in [0.25, 0.3) is 0 Å². The van der Waals surface area contributed by atoms with Gasteiger partial charge in [0, 0.05) is 17.1 Å². The Bertz CT molecular complexity index is 1290. The van der Waals surface area contributed by atoms with E-state index in [1.807, 2.05) is 78.9 Å². The minimum absolute atomic E-state index is 0.736. The predicted molar refractivity (Wildman–Crippen MR) is 135 cm³/mol. The highest BCUT2D eigenvalue weighted by molar-refractivity contribution is 5.85. The first-order valence-corrected chi connectivity index (χ1v) is 10.9. The first kappa shape index (κ1) is 23.3. The molecule has 172 valence electrons. The number of benzene rings is 4. The van der Waals surface area contributed by atoms with Gasteiger partial charge in [-0.25, -0.2) is 0 Å². The zero-order chi connectivity index (χ0) is 24.6. The number of rotatable bonds is 8. The largest absolute Gasteiger partial charge is 0.545 e. The summed E-state index contributed by atoms with van der Waals surface area (Å²) < 4.78 is 0. The molecule has 4 aromatic rings. The van der Waals surface area contributed by atoms with Crippen LogP contribution in [0.5, 0.6) is 0 Å². The maximum atomic E-state index is 10.7. The average Bonchev–Trinajstić information content (AvgIpc) is 2.89. The van der Waals surface area contributed by atoms with E-state index in [2.05, 4.69) is 29.2 Å². The molecule has 5 heteroatoms. The topological polar surface area (TPSA) is 83.5 Å². The fraction of sp³-hybridized carbons (Fsp3) is 0. The molecule has 0 heterocycles. The summed E-state index contributed by atoms with van der Waals surface area (Å²) in [5, 5.41) is 21.4. The van der Waals surface area contributed by atoms with E-state index in [9.17, 15) is 19.8 Å². The zero-order valence-electron chi connectivity index (χ0n) is 18.7. The Balaban J connectivity index is 1.71. The lowest BCUT2D eigenvalue weighted by Gasteiger charge is -2.26. The number of aliphatic carboxylic acids is 2. The third-order valence-electron chi connectivity index (χ3n) is 5.36. The molecule has 0 amide bonds. The smallest absolute Gasteiger partial charge is 0.0643 e. The summed E-state index contributed by atoms with van der Waals surface area (Å²) in [6, 6.07) is 33.3. The second-order valence-electron chi connectivity index (χ2n) is 7.74. The van der Waals surface area contributed by atoms with Crippen LogP contribution >= 0.6 is 0 Å². The first-order chi connectivity index (χ1) is 17.0. The fourth-order valence-electron chi connectivity index (χ4n) is 3.68. The standard InChI is InChI=1S/C30H23NO4/c32-29(33)20-10-22-6-14-26(15-7-22)31(27-16-8-23(9-17-27)11-21-30(34)35)28-18-12-25(13-19-28)24-4-2-1-3-5-24/h1-21H,(H,32,33)(H,34,35)/p-2/b20-10+,21-11+. The summed E-state index contributed by atoms with van der Waals surface area (Å²) in [5.74, 6) is -2.50. The van der Waals surface area contributed by atoms with Gasteiger partial charge in [0.05, 0.1) is 11.9 Å². The van der Waals surface area contributed by atoms with Gasteiger partial charge in [-0.15, -0.1) is 0 Å². The molecule has 0 aromatic heterocycles. The molecule has 35 heavy (non-hydrogen) atoms. The molecule has 0 fully saturated rings. The number of carboxylic acid groups (broad SMARTS) is 2. The Morgan fingerprint density at radius 3 is 1.29 bits per heavy atom. The van der Waals surface area contributed by atoms with Crippen molar-refractivity contribution in [3.8, 4) is 11.1 Å². The summed E-state index contributed by atoms with van der Waals surface area (Å²) in [5.41, 5.74) is 6.38. The molecule has 0 aliphatic heterocycles. The van der Waals surface area contributed by atoms with Crippen LogP contribution < -0.4 is 15.1 Å². The minimum atomic E-state index is -1.25. The molecule has 0 aliphatic rings. The normalized spacial score (nSPS) is 11.1. The maximum absolute atomic E-state index is 10.7. The number of carbonyl (C=O) groups excluding carboxylic acids is 2. The average molecular weight is 460 g/mol. The monoisotopic (exact) mass is 459 g/mol. The second kappa shape index (κ2) is 10.8. The lowest BCUT2D eigenvalue weighted by molar-refractivity contribution is -0.298. The van der Waals surface area contributed by atoms with E-state index in [0.717, 1.165) is 51.5 Å². The van der Waals surface area contributed by atoms with Crippen LogP contribution in [0.15, 0.2) is 115 Å². The van der Waals surface area contributed by atoms with Crippen molar-refractivity contribution >= 4 is 41.2 Å². The highest BCUT2D eigenvalue weighted by atomic mass is 16.4. The predicted octanol–water partition coefficient (Wildman–Crippen LogP) is 4.35. The fourth-order valence-corrected chi connectivity index (χ4v) is 3.68. The van der Waals surface area contributed by atoms with Crippen molar-refractivity contribution in [2.45, 2.75) is 0 Å². The third kappa shape index (κ3) is 6.12. The molecule has 0 atom stereocenters. The summed E-state index contributed by atoms with van der Waals surface area (Å²) in [6.45, 7) is 0. The van der Waals surface area contributed by atoms with E-state index in [1.165, 1.54) is 12.2 Å². The lowest BCUT2D eigenvalue weighted by Crippen LogP contribution is -2.18. The van der Waals surface area contributed by atoms with E-state index in [0.29, 0.717) is 0 Å². The molecule has 0 radical (unpaired) electrons. The van der Waals surface area contributed by atoms with Crippen molar-refractivity contribution in [3.63, 3.8) is 0 Å². The Morgan fingerprint density at radius 2 is 0.886 bits per heavy atom. The van der Waals surface area contributed by atoms with Gasteiger partial charge in [0.15, 0.2) is 0 Å². The van der Waals surface area contributed by atoms with Gasteiger partial charge in [0.1, 0.15) is 0 Å². The van der Waals surface area contributed by atoms with Crippen LogP contribution in [0.1, 0.15) is 11.1 Å². The van der Waals surface area contributed by atoms with E-state index in [1.54, 1.807) is 0 Å². The van der Waals surface area contributed by atoms with Crippen LogP contribution in [-0.4, -0.2) is 11.9 Å². The van der Waals surface area contributed by atoms with Gasteiger partial charge in [-0.3, -0.25) is 0 Å². The number of carbonyl (C=O) groups is 2. The van der Waals surface area contributed by atoms with Crippen LogP contribution in [0, 0.1) is 0 Å². The summed E-state index contributed by atoms with van der Waals surface area (Å²) in [6.07, 6.45) is 4.95. The Hall–Kier alpha value is -4.90. The molecule has 0 N–H and O–H groups in total. The molecule has 0 spiro atoms. The number of hydrogen-bond acceptors (Lipinski definition) is 5. The number of carboxylic acids is 2. The van der Waals surface area contributed by atoms with Gasteiger partial charge >= 0.3 is 0 Å². The summed E-state index contributed by atoms with van der Waals surface area (Å²) >= 11 is 0. The SMILES string of the molecule is O=C([O-])/C=C/c1ccc(N(c2ccc(/C=C/C(=O)[O-])cc2)c2ccc(-c3ccccc3)cc2)cc1. The molecule has 0 bridgehead atoms. The quantitative estimate of drug-likeness (QED) is 0.366. The van der Waals surface area contributed by atoms with Gasteiger partial charge in [-0.05, 0) is 70.8 Å². The van der Waals surface area contributed by atoms with E-state index < -0.39 is 11.9 Å². The second-order valence-corrected chi connectivity index (χ2v) is 7.74. The molecule has 5 nitrogen and oxygen atoms in total. The molecule has 0 aliphatic carbocycles. The van der Waals surface area contributed by atoms with Crippen molar-refractivity contribution in [3.05, 3.63) is 126 Å². The van der Waals surface area contributed by atoms with Crippen LogP contribution in [0.2, 0.25) is 0 Å². The van der Waals surface area contributed by atoms with Crippen molar-refractivity contribution in [2.24, 2.45) is 0 Å². The van der Waals surface area contributed by atoms with Crippen molar-refractivity contribution in [1.29, 1.82) is 0 Å². The first-order valence-electron chi connectivity index (χ1n) is 10.9. The lowest BCUT2D eigenvalue weighted by atomic mass is 10.0. The molecule has 4 rings (SSSR count). The van der Waals surface area contributed by atoms with E-state index in [4.69, 9.17) is 0 Å². The zero-order valence-corrected chi connectivity index (χ0v) is 18.7. The molecular weight excluding hydrogens is 438 g/mol. The highest BCUT2D eigenvalue weighted by Crippen LogP contribution is 2.36. The van der Waals surface area contributed by atoms with Gasteiger partial charge < -0.3 is 24.7 Å². The Labute approximate surface area is 203 Å². The van der Waals surface area contributed by atoms with E-state index >= 15 is 0 Å². The Kier molecular flexibility index (Phi) is 7.19. The van der Waals surface area contributed by atoms with E-state index in [-0.39, 0.29) is 0 Å². The Morgan fingerprint density at radius 1 is 0.514 bits per heavy atom. The molecule has 0 saturated heterocycles. The highest BCUT2D eigenvalue weighted by Gasteiger charge is 2.12. The maximum Gasteiger partial charge on any atom is 0.0643 e. The third-order valence-corrected chi connectivity index (χ3v) is 5.36. The molecule has 0 saturated carbocycles. The van der Waals surface area contributed by atoms with Gasteiger partial charge in [-0.1, -0.05) is 78.9 Å². The van der Waals surface area contributed by atoms with Gasteiger partial charge in [-0.2, -0.15) is 0 Å². The molecule has 0 unspecified atom stereocenters. The molecule has 4 aromatic carbocycles. The number of hydrogen-bond donors (Lipinski definition) is 0. The van der Waals surface area contributed by atoms with Crippen LogP contribution in [0.3, 0.4) is 0 Å².